The van der Waals surface area contributed by atoms with Crippen molar-refractivity contribution in [2.45, 2.75) is 44.1 Å². The number of ether oxygens (including phenoxy) is 1. The van der Waals surface area contributed by atoms with Crippen LogP contribution in [0.5, 0.6) is 5.88 Å². The minimum atomic E-state index is 0.174. The van der Waals surface area contributed by atoms with E-state index in [1.807, 2.05) is 48.5 Å². The summed E-state index contributed by atoms with van der Waals surface area (Å²) in [6.45, 7) is 0. The fourth-order valence-corrected chi connectivity index (χ4v) is 4.22. The topological polar surface area (TPSA) is 78.9 Å². The van der Waals surface area contributed by atoms with Crippen molar-refractivity contribution in [2.75, 3.05) is 0 Å². The number of hydrogen-bond acceptors (Lipinski definition) is 6. The van der Waals surface area contributed by atoms with Gasteiger partial charge in [0, 0.05) is 35.0 Å². The second kappa shape index (κ2) is 8.89. The van der Waals surface area contributed by atoms with Crippen LogP contribution in [-0.4, -0.2) is 31.0 Å². The molecular weight excluding hydrogens is 414 g/mol. The van der Waals surface area contributed by atoms with Crippen molar-refractivity contribution in [3.8, 4) is 11.6 Å². The predicted molar refractivity (Wildman–Crippen MR) is 116 cm³/mol. The molecule has 0 amide bonds. The van der Waals surface area contributed by atoms with E-state index in [2.05, 4.69) is 24.9 Å². The minimum Gasteiger partial charge on any atom is -0.474 e. The minimum absolute atomic E-state index is 0.174. The highest BCUT2D eigenvalue weighted by atomic mass is 35.5. The Labute approximate surface area is 185 Å². The number of hydrogen-bond donors (Lipinski definition) is 0. The summed E-state index contributed by atoms with van der Waals surface area (Å²) in [6.07, 6.45) is 7.91. The van der Waals surface area contributed by atoms with Crippen LogP contribution in [0.15, 0.2) is 65.5 Å². The number of rotatable bonds is 6. The maximum Gasteiger partial charge on any atom is 0.213 e. The zero-order chi connectivity index (χ0) is 21.0. The molecular formula is C23H22ClN5O2. The lowest BCUT2D eigenvalue weighted by molar-refractivity contribution is 0.139. The molecule has 3 heterocycles. The number of aromatic nitrogens is 5. The van der Waals surface area contributed by atoms with Gasteiger partial charge in [-0.3, -0.25) is 4.57 Å². The molecule has 0 saturated heterocycles. The Bertz CT molecular complexity index is 1100. The summed E-state index contributed by atoms with van der Waals surface area (Å²) in [5.41, 5.74) is 1.82. The molecule has 5 rings (SSSR count). The molecule has 0 radical (unpaired) electrons. The van der Waals surface area contributed by atoms with Gasteiger partial charge in [-0.2, -0.15) is 0 Å². The molecule has 31 heavy (non-hydrogen) atoms. The molecule has 1 aliphatic carbocycles. The second-order valence-electron chi connectivity index (χ2n) is 7.71. The van der Waals surface area contributed by atoms with Gasteiger partial charge in [0.05, 0.1) is 12.1 Å². The highest BCUT2D eigenvalue weighted by Gasteiger charge is 2.29. The Balaban J connectivity index is 1.37. The van der Waals surface area contributed by atoms with Gasteiger partial charge < -0.3 is 9.26 Å². The quantitative estimate of drug-likeness (QED) is 0.424. The molecule has 8 heteroatoms. The van der Waals surface area contributed by atoms with Crippen molar-refractivity contribution < 1.29 is 9.26 Å². The molecule has 1 saturated carbocycles. The third kappa shape index (κ3) is 4.46. The maximum absolute atomic E-state index is 6.12. The fraction of sp³-hybridized carbons (Fsp3) is 0.304. The van der Waals surface area contributed by atoms with Gasteiger partial charge in [-0.15, -0.1) is 10.2 Å². The van der Waals surface area contributed by atoms with Crippen molar-refractivity contribution in [1.29, 1.82) is 0 Å². The molecule has 3 aromatic heterocycles. The zero-order valence-electron chi connectivity index (χ0n) is 16.9. The first-order chi connectivity index (χ1) is 15.3. The molecule has 0 bridgehead atoms. The van der Waals surface area contributed by atoms with Crippen LogP contribution < -0.4 is 4.74 Å². The molecule has 0 N–H and O–H groups in total. The fourth-order valence-electron chi connectivity index (χ4n) is 4.10. The van der Waals surface area contributed by atoms with Gasteiger partial charge in [-0.1, -0.05) is 22.8 Å². The van der Waals surface area contributed by atoms with E-state index in [1.165, 1.54) is 0 Å². The van der Waals surface area contributed by atoms with E-state index in [4.69, 9.17) is 20.9 Å². The molecule has 0 unspecified atom stereocenters. The molecule has 0 atom stereocenters. The van der Waals surface area contributed by atoms with Crippen LogP contribution in [-0.2, 0) is 6.42 Å². The monoisotopic (exact) mass is 435 g/mol. The van der Waals surface area contributed by atoms with Gasteiger partial charge in [0.1, 0.15) is 24.0 Å². The van der Waals surface area contributed by atoms with Crippen LogP contribution in [0, 0.1) is 0 Å². The number of benzene rings is 1. The highest BCUT2D eigenvalue weighted by molar-refractivity contribution is 6.30. The van der Waals surface area contributed by atoms with Crippen LogP contribution in [0.1, 0.15) is 48.9 Å². The van der Waals surface area contributed by atoms with E-state index in [0.29, 0.717) is 23.2 Å². The second-order valence-corrected chi connectivity index (χ2v) is 8.15. The number of halogens is 1. The Morgan fingerprint density at radius 2 is 1.84 bits per heavy atom. The summed E-state index contributed by atoms with van der Waals surface area (Å²) in [5, 5.41) is 13.8. The molecule has 4 aromatic rings. The highest BCUT2D eigenvalue weighted by Crippen LogP contribution is 2.35. The summed E-state index contributed by atoms with van der Waals surface area (Å²) in [5.74, 6) is 2.79. The smallest absolute Gasteiger partial charge is 0.213 e. The van der Waals surface area contributed by atoms with E-state index in [-0.39, 0.29) is 6.10 Å². The lowest BCUT2D eigenvalue weighted by atomic mass is 9.86. The van der Waals surface area contributed by atoms with Crippen molar-refractivity contribution >= 4 is 11.6 Å². The van der Waals surface area contributed by atoms with Gasteiger partial charge in [0.15, 0.2) is 0 Å². The summed E-state index contributed by atoms with van der Waals surface area (Å²) >= 11 is 6.12. The first kappa shape index (κ1) is 19.8. The Morgan fingerprint density at radius 1 is 1.00 bits per heavy atom. The van der Waals surface area contributed by atoms with Gasteiger partial charge in [0.25, 0.3) is 0 Å². The summed E-state index contributed by atoms with van der Waals surface area (Å²) in [4.78, 5) is 4.28. The summed E-state index contributed by atoms with van der Waals surface area (Å²) in [6, 6.07) is 15.4. The molecule has 1 aromatic carbocycles. The van der Waals surface area contributed by atoms with Crippen molar-refractivity contribution in [3.05, 3.63) is 83.4 Å². The first-order valence-corrected chi connectivity index (χ1v) is 10.8. The van der Waals surface area contributed by atoms with Gasteiger partial charge in [-0.05, 0) is 56.0 Å². The van der Waals surface area contributed by atoms with Gasteiger partial charge in [-0.25, -0.2) is 4.98 Å². The molecule has 158 valence electrons. The van der Waals surface area contributed by atoms with Crippen molar-refractivity contribution in [3.63, 3.8) is 0 Å². The number of pyridine rings is 1. The SMILES string of the molecule is Clc1ccc(-n2c(Cc3ccon3)nnc2[C@H]2CC[C@H](Oc3ccccn3)CC2)cc1. The van der Waals surface area contributed by atoms with E-state index < -0.39 is 0 Å². The average Bonchev–Trinajstić information content (AvgIpc) is 3.46. The third-order valence-corrected chi connectivity index (χ3v) is 5.89. The normalized spacial score (nSPS) is 18.7. The standard InChI is InChI=1S/C23H22ClN5O2/c24-17-6-8-19(9-7-17)29-21(15-18-12-14-30-28-18)26-27-23(29)16-4-10-20(11-5-16)31-22-3-1-2-13-25-22/h1-3,6-9,12-14,16,20H,4-5,10-11,15H2/t16-,20-. The molecule has 7 nitrogen and oxygen atoms in total. The molecule has 0 spiro atoms. The zero-order valence-corrected chi connectivity index (χ0v) is 17.7. The summed E-state index contributed by atoms with van der Waals surface area (Å²) in [7, 11) is 0. The Hall–Kier alpha value is -3.19. The average molecular weight is 436 g/mol. The van der Waals surface area contributed by atoms with Crippen molar-refractivity contribution in [1.82, 2.24) is 24.9 Å². The first-order valence-electron chi connectivity index (χ1n) is 10.4. The largest absolute Gasteiger partial charge is 0.474 e. The molecule has 1 aliphatic rings. The lowest BCUT2D eigenvalue weighted by Crippen LogP contribution is -2.25. The lowest BCUT2D eigenvalue weighted by Gasteiger charge is -2.28. The van der Waals surface area contributed by atoms with Crippen LogP contribution in [0.4, 0.5) is 0 Å². The van der Waals surface area contributed by atoms with Crippen LogP contribution in [0.3, 0.4) is 0 Å². The number of nitrogens with zero attached hydrogens (tertiary/aromatic N) is 5. The van der Waals surface area contributed by atoms with Crippen LogP contribution in [0.2, 0.25) is 5.02 Å². The third-order valence-electron chi connectivity index (χ3n) is 5.63. The molecule has 1 fully saturated rings. The van der Waals surface area contributed by atoms with Crippen molar-refractivity contribution in [2.24, 2.45) is 0 Å². The van der Waals surface area contributed by atoms with Gasteiger partial charge >= 0.3 is 0 Å². The Morgan fingerprint density at radius 3 is 2.55 bits per heavy atom. The summed E-state index contributed by atoms with van der Waals surface area (Å²) < 4.78 is 13.2. The maximum atomic E-state index is 6.12. The van der Waals surface area contributed by atoms with Crippen LogP contribution in [0.25, 0.3) is 5.69 Å². The van der Waals surface area contributed by atoms with E-state index in [0.717, 1.165) is 48.7 Å². The molecule has 0 aliphatic heterocycles. The predicted octanol–water partition coefficient (Wildman–Crippen LogP) is 5.00. The van der Waals surface area contributed by atoms with Gasteiger partial charge in [0.2, 0.25) is 5.88 Å². The Kier molecular flexibility index (Phi) is 5.67. The van der Waals surface area contributed by atoms with E-state index in [9.17, 15) is 0 Å². The van der Waals surface area contributed by atoms with E-state index in [1.54, 1.807) is 12.5 Å². The van der Waals surface area contributed by atoms with Crippen LogP contribution >= 0.6 is 11.6 Å². The van der Waals surface area contributed by atoms with E-state index >= 15 is 0 Å².